The number of hydrogen-bond acceptors (Lipinski definition) is 6. The van der Waals surface area contributed by atoms with E-state index in [9.17, 15) is 14.4 Å². The highest BCUT2D eigenvalue weighted by molar-refractivity contribution is 7.10. The molecule has 11 heteroatoms. The highest BCUT2D eigenvalue weighted by Crippen LogP contribution is 2.32. The maximum Gasteiger partial charge on any atom is 0.251 e. The van der Waals surface area contributed by atoms with Gasteiger partial charge in [-0.3, -0.25) is 19.8 Å². The summed E-state index contributed by atoms with van der Waals surface area (Å²) in [6.07, 6.45) is -0.235. The Morgan fingerprint density at radius 3 is 2.45 bits per heavy atom. The lowest BCUT2D eigenvalue weighted by molar-refractivity contribution is -0.138. The molecule has 3 aromatic carbocycles. The normalized spacial score (nSPS) is 19.1. The number of nitrogens with one attached hydrogen (secondary N) is 3. The minimum atomic E-state index is -1.91. The Bertz CT molecular complexity index is 1690. The smallest absolute Gasteiger partial charge is 0.251 e. The number of ether oxygens (including phenoxy) is 1. The van der Waals surface area contributed by atoms with Gasteiger partial charge in [-0.25, -0.2) is 4.39 Å². The number of amidine groups is 1. The van der Waals surface area contributed by atoms with Crippen molar-refractivity contribution in [2.75, 3.05) is 26.8 Å². The van der Waals surface area contributed by atoms with Crippen LogP contribution in [0.4, 0.5) is 4.39 Å². The van der Waals surface area contributed by atoms with Crippen LogP contribution in [0.2, 0.25) is 0 Å². The van der Waals surface area contributed by atoms with Crippen LogP contribution in [-0.2, 0) is 14.3 Å². The number of amides is 3. The van der Waals surface area contributed by atoms with Crippen molar-refractivity contribution >= 4 is 56.4 Å². The number of carbonyl (C=O) groups is 3. The second kappa shape index (κ2) is 11.9. The Balaban J connectivity index is 1.27. The number of nitrogen functional groups attached to an aromatic ring is 1. The van der Waals surface area contributed by atoms with Gasteiger partial charge >= 0.3 is 0 Å². The van der Waals surface area contributed by atoms with Crippen LogP contribution in [0.15, 0.2) is 66.0 Å². The van der Waals surface area contributed by atoms with E-state index in [1.807, 2.05) is 36.4 Å². The Kier molecular flexibility index (Phi) is 8.24. The van der Waals surface area contributed by atoms with E-state index >= 15 is 4.39 Å². The number of nitrogens with zero attached hydrogens (tertiary/aromatic N) is 1. The average molecular weight is 590 g/mol. The van der Waals surface area contributed by atoms with Gasteiger partial charge in [0, 0.05) is 34.9 Å². The molecule has 1 aliphatic heterocycles. The number of thiophene rings is 1. The lowest BCUT2D eigenvalue weighted by Crippen LogP contribution is -2.49. The second-order valence-electron chi connectivity index (χ2n) is 10.7. The summed E-state index contributed by atoms with van der Waals surface area (Å²) >= 11 is 1.34. The number of rotatable bonds is 9. The molecule has 0 unspecified atom stereocenters. The summed E-state index contributed by atoms with van der Waals surface area (Å²) in [5.41, 5.74) is 4.57. The molecule has 1 saturated heterocycles. The fourth-order valence-electron chi connectivity index (χ4n) is 5.34. The number of alkyl halides is 1. The van der Waals surface area contributed by atoms with Crippen molar-refractivity contribution in [3.8, 4) is 0 Å². The highest BCUT2D eigenvalue weighted by atomic mass is 32.1. The minimum Gasteiger partial charge on any atom is -0.384 e. The Hall–Kier alpha value is -4.35. The molecular weight excluding hydrogens is 557 g/mol. The third kappa shape index (κ3) is 6.12. The van der Waals surface area contributed by atoms with E-state index in [1.165, 1.54) is 23.3 Å². The van der Waals surface area contributed by atoms with Gasteiger partial charge < -0.3 is 26.0 Å². The molecule has 0 aliphatic carbocycles. The summed E-state index contributed by atoms with van der Waals surface area (Å²) in [6, 6.07) is 17.5. The van der Waals surface area contributed by atoms with Crippen LogP contribution in [0.3, 0.4) is 0 Å². The van der Waals surface area contributed by atoms with Crippen molar-refractivity contribution < 1.29 is 23.5 Å². The van der Waals surface area contributed by atoms with Gasteiger partial charge in [-0.2, -0.15) is 0 Å². The lowest BCUT2D eigenvalue weighted by Gasteiger charge is -2.25. The molecule has 4 aromatic rings. The first-order valence-electron chi connectivity index (χ1n) is 13.5. The predicted molar refractivity (Wildman–Crippen MR) is 162 cm³/mol. The van der Waals surface area contributed by atoms with E-state index in [0.29, 0.717) is 11.1 Å². The van der Waals surface area contributed by atoms with Gasteiger partial charge in [0.1, 0.15) is 11.9 Å². The summed E-state index contributed by atoms with van der Waals surface area (Å²) in [4.78, 5) is 41.5. The van der Waals surface area contributed by atoms with Crippen LogP contribution in [0.5, 0.6) is 0 Å². The molecule has 5 N–H and O–H groups in total. The number of fused-ring (bicyclic) bond motifs is 2. The zero-order valence-corrected chi connectivity index (χ0v) is 24.1. The van der Waals surface area contributed by atoms with Gasteiger partial charge in [0.25, 0.3) is 5.91 Å². The van der Waals surface area contributed by atoms with E-state index in [0.717, 1.165) is 26.4 Å². The summed E-state index contributed by atoms with van der Waals surface area (Å²) in [5.74, 6) is -1.62. The third-order valence-corrected chi connectivity index (χ3v) is 8.61. The molecule has 42 heavy (non-hydrogen) atoms. The lowest BCUT2D eigenvalue weighted by atomic mass is 10.0. The predicted octanol–water partition coefficient (Wildman–Crippen LogP) is 3.90. The van der Waals surface area contributed by atoms with Gasteiger partial charge in [-0.15, -0.1) is 11.3 Å². The Morgan fingerprint density at radius 1 is 1.10 bits per heavy atom. The van der Waals surface area contributed by atoms with Crippen LogP contribution in [0.1, 0.15) is 40.2 Å². The second-order valence-corrected chi connectivity index (χ2v) is 11.6. The van der Waals surface area contributed by atoms with E-state index < -0.39 is 42.0 Å². The molecular formula is C31H32FN5O4S. The van der Waals surface area contributed by atoms with Gasteiger partial charge in [0.2, 0.25) is 11.8 Å². The molecule has 3 atom stereocenters. The van der Waals surface area contributed by atoms with Crippen molar-refractivity contribution in [1.82, 2.24) is 15.5 Å². The first-order chi connectivity index (χ1) is 20.1. The molecule has 0 saturated carbocycles. The molecule has 218 valence electrons. The summed E-state index contributed by atoms with van der Waals surface area (Å²) in [5, 5.41) is 18.8. The fraction of sp³-hybridized carbons (Fsp3) is 0.290. The maximum absolute atomic E-state index is 15.6. The van der Waals surface area contributed by atoms with Crippen LogP contribution >= 0.6 is 11.3 Å². The number of methoxy groups -OCH3 is 1. The standard InChI is InChI=1S/C31H32FN5O4S/c1-18(26-12-24(15-42-26)28(33)34)36-30(40)25-13-31(32,17-41-2)16-37(25)27(38)14-35-29(39)22-8-7-21-9-19-5-3-4-6-20(19)10-23(21)11-22/h3-12,15,18,25H,13-14,16-17H2,1-2H3,(H3,33,34)(H,35,39)(H,36,40)/t18-,25+,31-/m1/s1. The first-order valence-corrected chi connectivity index (χ1v) is 14.4. The van der Waals surface area contributed by atoms with Gasteiger partial charge in [0.15, 0.2) is 5.67 Å². The number of benzene rings is 3. The number of halogens is 1. The number of carbonyl (C=O) groups excluding carboxylic acids is 3. The average Bonchev–Trinajstić information content (AvgIpc) is 3.60. The largest absolute Gasteiger partial charge is 0.384 e. The zero-order chi connectivity index (χ0) is 30.0. The van der Waals surface area contributed by atoms with E-state index in [4.69, 9.17) is 15.9 Å². The molecule has 3 amide bonds. The maximum atomic E-state index is 15.6. The molecule has 2 heterocycles. The molecule has 0 bridgehead atoms. The molecule has 0 radical (unpaired) electrons. The highest BCUT2D eigenvalue weighted by Gasteiger charge is 2.49. The van der Waals surface area contributed by atoms with Crippen molar-refractivity contribution in [3.63, 3.8) is 0 Å². The molecule has 0 spiro atoms. The van der Waals surface area contributed by atoms with E-state index in [-0.39, 0.29) is 25.4 Å². The minimum absolute atomic E-state index is 0.0791. The van der Waals surface area contributed by atoms with Crippen molar-refractivity contribution in [2.24, 2.45) is 5.73 Å². The number of hydrogen-bond donors (Lipinski definition) is 4. The molecule has 1 fully saturated rings. The first kappa shape index (κ1) is 29.2. The van der Waals surface area contributed by atoms with Crippen LogP contribution in [0, 0.1) is 5.41 Å². The van der Waals surface area contributed by atoms with Crippen molar-refractivity contribution in [2.45, 2.75) is 31.1 Å². The van der Waals surface area contributed by atoms with Crippen molar-refractivity contribution in [1.29, 1.82) is 5.41 Å². The van der Waals surface area contributed by atoms with Crippen LogP contribution in [-0.4, -0.2) is 67.0 Å². The molecule has 1 aromatic heterocycles. The fourth-order valence-corrected chi connectivity index (χ4v) is 6.25. The van der Waals surface area contributed by atoms with Crippen molar-refractivity contribution in [3.05, 3.63) is 82.0 Å². The number of likely N-dealkylation sites (tertiary alicyclic amines) is 1. The molecule has 1 aliphatic rings. The topological polar surface area (TPSA) is 138 Å². The van der Waals surface area contributed by atoms with E-state index in [2.05, 4.69) is 16.7 Å². The van der Waals surface area contributed by atoms with Gasteiger partial charge in [0.05, 0.1) is 25.7 Å². The third-order valence-electron chi connectivity index (χ3n) is 7.50. The summed E-state index contributed by atoms with van der Waals surface area (Å²) < 4.78 is 20.6. The van der Waals surface area contributed by atoms with E-state index in [1.54, 1.807) is 30.5 Å². The SMILES string of the molecule is COC[C@@]1(F)C[C@@H](C(=O)N[C@H](C)c2cc(C(=N)N)cs2)N(C(=O)CNC(=O)c2ccc3cc4ccccc4cc3c2)C1. The summed E-state index contributed by atoms with van der Waals surface area (Å²) in [7, 11) is 1.36. The Morgan fingerprint density at radius 2 is 1.79 bits per heavy atom. The van der Waals surface area contributed by atoms with Gasteiger partial charge in [-0.05, 0) is 58.8 Å². The molecule has 9 nitrogen and oxygen atoms in total. The number of nitrogens with two attached hydrogens (primary N) is 1. The van der Waals surface area contributed by atoms with Crippen LogP contribution in [0.25, 0.3) is 21.5 Å². The van der Waals surface area contributed by atoms with Crippen LogP contribution < -0.4 is 16.4 Å². The van der Waals surface area contributed by atoms with Gasteiger partial charge in [-0.1, -0.05) is 30.3 Å². The zero-order valence-electron chi connectivity index (χ0n) is 23.3. The summed E-state index contributed by atoms with van der Waals surface area (Å²) in [6.45, 7) is 0.753. The molecule has 5 rings (SSSR count). The monoisotopic (exact) mass is 589 g/mol. The Labute approximate surface area is 246 Å². The quantitative estimate of drug-likeness (QED) is 0.133.